The van der Waals surface area contributed by atoms with E-state index in [1.807, 2.05) is 4.57 Å². The summed E-state index contributed by atoms with van der Waals surface area (Å²) in [5.74, 6) is 0. The zero-order valence-electron chi connectivity index (χ0n) is 7.56. The molecule has 2 rings (SSSR count). The minimum atomic E-state index is -3.67. The molecule has 14 heavy (non-hydrogen) atoms. The van der Waals surface area contributed by atoms with Crippen LogP contribution in [0.5, 0.6) is 0 Å². The van der Waals surface area contributed by atoms with Crippen LogP contribution in [0.25, 0.3) is 0 Å². The summed E-state index contributed by atoms with van der Waals surface area (Å²) in [6, 6.07) is 0.398. The molecule has 1 heterocycles. The van der Waals surface area contributed by atoms with Crippen LogP contribution in [0.1, 0.15) is 31.7 Å². The number of hydrogen-bond donors (Lipinski definition) is 0. The molecular weight excluding hydrogens is 224 g/mol. The predicted molar refractivity (Wildman–Crippen MR) is 52.8 cm³/mol. The monoisotopic (exact) mass is 234 g/mol. The minimum absolute atomic E-state index is 0.0499. The Labute approximate surface area is 87.3 Å². The molecule has 0 saturated heterocycles. The van der Waals surface area contributed by atoms with Crippen molar-refractivity contribution in [3.63, 3.8) is 0 Å². The second-order valence-electron chi connectivity index (χ2n) is 3.54. The van der Waals surface area contributed by atoms with Crippen LogP contribution >= 0.6 is 10.7 Å². The van der Waals surface area contributed by atoms with E-state index in [1.165, 1.54) is 19.0 Å². The number of rotatable bonds is 2. The van der Waals surface area contributed by atoms with E-state index in [1.54, 1.807) is 6.33 Å². The van der Waals surface area contributed by atoms with Crippen LogP contribution in [0, 0.1) is 0 Å². The van der Waals surface area contributed by atoms with E-state index in [0.717, 1.165) is 12.8 Å². The van der Waals surface area contributed by atoms with Gasteiger partial charge in [0.15, 0.2) is 5.03 Å². The van der Waals surface area contributed by atoms with Gasteiger partial charge >= 0.3 is 0 Å². The van der Waals surface area contributed by atoms with E-state index in [9.17, 15) is 8.42 Å². The molecule has 0 bridgehead atoms. The summed E-state index contributed by atoms with van der Waals surface area (Å²) in [5.41, 5.74) is 0. The van der Waals surface area contributed by atoms with Crippen molar-refractivity contribution in [3.05, 3.63) is 12.5 Å². The fourth-order valence-corrected chi connectivity index (χ4v) is 2.51. The molecule has 0 aliphatic heterocycles. The lowest BCUT2D eigenvalue weighted by molar-refractivity contribution is 0.517. The molecule has 1 saturated carbocycles. The van der Waals surface area contributed by atoms with Crippen molar-refractivity contribution >= 4 is 19.7 Å². The quantitative estimate of drug-likeness (QED) is 0.735. The van der Waals surface area contributed by atoms with Gasteiger partial charge in [0.05, 0.1) is 6.33 Å². The highest BCUT2D eigenvalue weighted by atomic mass is 35.7. The summed E-state index contributed by atoms with van der Waals surface area (Å²) in [4.78, 5) is 3.78. The Hall–Kier alpha value is -0.550. The van der Waals surface area contributed by atoms with Crippen molar-refractivity contribution in [1.29, 1.82) is 0 Å². The van der Waals surface area contributed by atoms with Gasteiger partial charge < -0.3 is 4.57 Å². The summed E-state index contributed by atoms with van der Waals surface area (Å²) in [7, 11) is 1.50. The first-order valence-electron chi connectivity index (χ1n) is 4.55. The zero-order chi connectivity index (χ0) is 10.2. The molecule has 1 aromatic heterocycles. The molecule has 0 radical (unpaired) electrons. The van der Waals surface area contributed by atoms with Gasteiger partial charge in [-0.3, -0.25) is 0 Å². The first-order chi connectivity index (χ1) is 6.57. The Morgan fingerprint density at radius 2 is 2.07 bits per heavy atom. The van der Waals surface area contributed by atoms with Crippen LogP contribution in [0.4, 0.5) is 0 Å². The average molecular weight is 235 g/mol. The van der Waals surface area contributed by atoms with Gasteiger partial charge in [0, 0.05) is 22.9 Å². The molecule has 6 heteroatoms. The molecule has 0 aromatic carbocycles. The van der Waals surface area contributed by atoms with Crippen LogP contribution in [0.2, 0.25) is 0 Å². The number of nitrogens with zero attached hydrogens (tertiary/aromatic N) is 2. The summed E-state index contributed by atoms with van der Waals surface area (Å²) >= 11 is 0. The highest BCUT2D eigenvalue weighted by Gasteiger charge is 2.20. The van der Waals surface area contributed by atoms with Crippen molar-refractivity contribution in [2.24, 2.45) is 0 Å². The van der Waals surface area contributed by atoms with Crippen LogP contribution in [0.3, 0.4) is 0 Å². The summed E-state index contributed by atoms with van der Waals surface area (Å²) in [6.07, 6.45) is 7.65. The topological polar surface area (TPSA) is 52.0 Å². The molecule has 0 N–H and O–H groups in total. The Kier molecular flexibility index (Phi) is 2.53. The molecule has 0 spiro atoms. The van der Waals surface area contributed by atoms with Crippen LogP contribution in [0.15, 0.2) is 17.6 Å². The smallest absolute Gasteiger partial charge is 0.280 e. The van der Waals surface area contributed by atoms with E-state index in [4.69, 9.17) is 10.7 Å². The Morgan fingerprint density at radius 3 is 2.57 bits per heavy atom. The number of imidazole rings is 1. The first kappa shape index (κ1) is 9.98. The number of halogens is 1. The molecule has 4 nitrogen and oxygen atoms in total. The molecule has 0 unspecified atom stereocenters. The van der Waals surface area contributed by atoms with Gasteiger partial charge in [-0.15, -0.1) is 0 Å². The summed E-state index contributed by atoms with van der Waals surface area (Å²) in [6.45, 7) is 0. The van der Waals surface area contributed by atoms with E-state index in [2.05, 4.69) is 4.98 Å². The molecule has 1 aliphatic carbocycles. The second kappa shape index (κ2) is 3.55. The highest BCUT2D eigenvalue weighted by Crippen LogP contribution is 2.29. The Balaban J connectivity index is 2.25. The SMILES string of the molecule is O=S(=O)(Cl)c1cn(C2CCCC2)cn1. The van der Waals surface area contributed by atoms with Crippen molar-refractivity contribution in [2.45, 2.75) is 36.8 Å². The van der Waals surface area contributed by atoms with E-state index < -0.39 is 9.05 Å². The predicted octanol–water partition coefficient (Wildman–Crippen LogP) is 1.93. The van der Waals surface area contributed by atoms with Gasteiger partial charge in [0.25, 0.3) is 9.05 Å². The average Bonchev–Trinajstić information content (AvgIpc) is 2.73. The van der Waals surface area contributed by atoms with Gasteiger partial charge in [-0.05, 0) is 12.8 Å². The molecule has 1 aromatic rings. The molecular formula is C8H11ClN2O2S. The van der Waals surface area contributed by atoms with Gasteiger partial charge in [-0.25, -0.2) is 13.4 Å². The van der Waals surface area contributed by atoms with Gasteiger partial charge in [0.1, 0.15) is 0 Å². The largest absolute Gasteiger partial charge is 0.333 e. The van der Waals surface area contributed by atoms with Crippen LogP contribution in [-0.4, -0.2) is 18.0 Å². The lowest BCUT2D eigenvalue weighted by Gasteiger charge is -2.08. The fraction of sp³-hybridized carbons (Fsp3) is 0.625. The van der Waals surface area contributed by atoms with Crippen molar-refractivity contribution in [2.75, 3.05) is 0 Å². The van der Waals surface area contributed by atoms with Crippen LogP contribution < -0.4 is 0 Å². The zero-order valence-corrected chi connectivity index (χ0v) is 9.13. The minimum Gasteiger partial charge on any atom is -0.333 e. The third-order valence-electron chi connectivity index (χ3n) is 2.57. The van der Waals surface area contributed by atoms with Gasteiger partial charge in [-0.1, -0.05) is 12.8 Å². The lowest BCUT2D eigenvalue weighted by atomic mass is 10.2. The Bertz CT molecular complexity index is 420. The van der Waals surface area contributed by atoms with Crippen molar-refractivity contribution < 1.29 is 8.42 Å². The maximum Gasteiger partial charge on any atom is 0.280 e. The molecule has 0 atom stereocenters. The van der Waals surface area contributed by atoms with E-state index in [-0.39, 0.29) is 5.03 Å². The van der Waals surface area contributed by atoms with E-state index >= 15 is 0 Å². The lowest BCUT2D eigenvalue weighted by Crippen LogP contribution is -2.01. The molecule has 1 fully saturated rings. The Morgan fingerprint density at radius 1 is 1.43 bits per heavy atom. The molecule has 1 aliphatic rings. The van der Waals surface area contributed by atoms with Crippen molar-refractivity contribution in [3.8, 4) is 0 Å². The van der Waals surface area contributed by atoms with E-state index in [0.29, 0.717) is 6.04 Å². The summed E-state index contributed by atoms with van der Waals surface area (Å²) in [5, 5.41) is -0.0499. The third-order valence-corrected chi connectivity index (χ3v) is 3.76. The second-order valence-corrected chi connectivity index (χ2v) is 6.05. The standard InChI is InChI=1S/C8H11ClN2O2S/c9-14(12,13)8-5-11(6-10-8)7-3-1-2-4-7/h5-7H,1-4H2. The van der Waals surface area contributed by atoms with Gasteiger partial charge in [0.2, 0.25) is 0 Å². The number of aromatic nitrogens is 2. The third kappa shape index (κ3) is 1.93. The maximum absolute atomic E-state index is 11.0. The number of hydrogen-bond acceptors (Lipinski definition) is 3. The summed E-state index contributed by atoms with van der Waals surface area (Å²) < 4.78 is 23.8. The fourth-order valence-electron chi connectivity index (χ4n) is 1.85. The molecule has 78 valence electrons. The van der Waals surface area contributed by atoms with Crippen LogP contribution in [-0.2, 0) is 9.05 Å². The highest BCUT2D eigenvalue weighted by molar-refractivity contribution is 8.13. The molecule has 0 amide bonds. The first-order valence-corrected chi connectivity index (χ1v) is 6.86. The van der Waals surface area contributed by atoms with Crippen molar-refractivity contribution in [1.82, 2.24) is 9.55 Å². The van der Waals surface area contributed by atoms with Gasteiger partial charge in [-0.2, -0.15) is 0 Å². The maximum atomic E-state index is 11.0. The normalized spacial score (nSPS) is 18.9.